The number of carbonyl (C=O) groups is 5. The Morgan fingerprint density at radius 2 is 0.841 bits per heavy atom. The van der Waals surface area contributed by atoms with E-state index in [9.17, 15) is 75.9 Å². The van der Waals surface area contributed by atoms with Gasteiger partial charge in [-0.1, -0.05) is 48.5 Å². The fraction of sp³-hybridized carbons (Fsp3) is 0.118. The molecule has 2 saturated carbocycles. The van der Waals surface area contributed by atoms with E-state index in [4.69, 9.17) is 0 Å². The van der Waals surface area contributed by atoms with Crippen molar-refractivity contribution in [1.82, 2.24) is 9.13 Å². The fourth-order valence-electron chi connectivity index (χ4n) is 9.11. The van der Waals surface area contributed by atoms with Gasteiger partial charge in [-0.2, -0.15) is 16.8 Å². The van der Waals surface area contributed by atoms with Crippen LogP contribution in [0.25, 0.3) is 21.5 Å². The third-order valence-corrected chi connectivity index (χ3v) is 16.5. The molecule has 8 N–H and O–H groups in total. The van der Waals surface area contributed by atoms with Crippen LogP contribution in [0.5, 0.6) is 0 Å². The van der Waals surface area contributed by atoms with Crippen molar-refractivity contribution in [2.75, 3.05) is 31.9 Å². The summed E-state index contributed by atoms with van der Waals surface area (Å²) in [5.41, 5.74) is -0.132. The first-order chi connectivity index (χ1) is 37.7. The molecule has 6 aromatic carbocycles. The zero-order chi connectivity index (χ0) is 57.2. The van der Waals surface area contributed by atoms with Crippen molar-refractivity contribution in [3.63, 3.8) is 0 Å². The van der Waals surface area contributed by atoms with Crippen LogP contribution in [0.4, 0.5) is 38.9 Å². The van der Waals surface area contributed by atoms with Gasteiger partial charge in [-0.25, -0.2) is 21.6 Å². The van der Waals surface area contributed by atoms with Gasteiger partial charge in [0.05, 0.1) is 32.5 Å². The van der Waals surface area contributed by atoms with Crippen molar-refractivity contribution < 1.29 is 135 Å². The smallest absolute Gasteiger partial charge is 0.744 e. The molecule has 0 unspecified atom stereocenters. The van der Waals surface area contributed by atoms with E-state index in [0.717, 1.165) is 54.6 Å². The molecule has 8 aromatic rings. The SMILES string of the molecule is O=C(Nc1cccc(C(=O)Nc2cc(C(=O)Nc3ccc4c(S(=O)(=O)[O-])cccc4c3S(=O)(=O)[O-])n(C3CC3)c2)c1)Nc1cccc(C(=O)Nc2cc(C(=O)Nc3ccc4c(S(=O)(=O)O)cccc4c3S(=O)(=O)O)n(C3CC3)c2)c1.[Na+].[Na+]. The van der Waals surface area contributed by atoms with Crippen LogP contribution in [0.1, 0.15) is 79.5 Å². The van der Waals surface area contributed by atoms with Gasteiger partial charge in [0.15, 0.2) is 0 Å². The number of hydrogen-bond acceptors (Lipinski definition) is 15. The monoisotopic (exact) mass is 1210 g/mol. The van der Waals surface area contributed by atoms with Crippen molar-refractivity contribution in [2.24, 2.45) is 0 Å². The second-order valence-corrected chi connectivity index (χ2v) is 23.9. The first-order valence-electron chi connectivity index (χ1n) is 23.7. The van der Waals surface area contributed by atoms with Gasteiger partial charge in [-0.05, 0) is 98.5 Å². The number of urea groups is 1. The Bertz CT molecular complexity index is 4190. The average Bonchev–Trinajstić information content (AvgIpc) is 4.54. The molecule has 25 nitrogen and oxygen atoms in total. The van der Waals surface area contributed by atoms with Crippen LogP contribution in [0.2, 0.25) is 0 Å². The Morgan fingerprint density at radius 3 is 1.26 bits per heavy atom. The minimum absolute atomic E-state index is 0. The summed E-state index contributed by atoms with van der Waals surface area (Å²) in [4.78, 5) is 64.8. The van der Waals surface area contributed by atoms with Gasteiger partial charge in [0.1, 0.15) is 41.4 Å². The molecule has 2 aliphatic rings. The van der Waals surface area contributed by atoms with Crippen LogP contribution in [0.3, 0.4) is 0 Å². The van der Waals surface area contributed by atoms with Crippen LogP contribution >= 0.6 is 0 Å². The maximum absolute atomic E-state index is 13.8. The molecule has 2 aliphatic carbocycles. The summed E-state index contributed by atoms with van der Waals surface area (Å²) in [5, 5.41) is 14.2. The first kappa shape index (κ1) is 61.3. The number of anilines is 6. The minimum atomic E-state index is -5.38. The number of rotatable bonds is 16. The topological polar surface area (TPSA) is 391 Å². The molecule has 0 bridgehead atoms. The maximum atomic E-state index is 13.8. The Hall–Kier alpha value is -6.81. The third kappa shape index (κ3) is 13.3. The van der Waals surface area contributed by atoms with Gasteiger partial charge in [0.25, 0.3) is 43.9 Å². The predicted octanol–water partition coefficient (Wildman–Crippen LogP) is 1.23. The number of amides is 6. The van der Waals surface area contributed by atoms with Crippen molar-refractivity contribution in [2.45, 2.75) is 57.3 Å². The summed E-state index contributed by atoms with van der Waals surface area (Å²) in [7, 11) is -20.4. The Balaban J connectivity index is 0.00000440. The summed E-state index contributed by atoms with van der Waals surface area (Å²) >= 11 is 0. The predicted molar refractivity (Wildman–Crippen MR) is 286 cm³/mol. The van der Waals surface area contributed by atoms with E-state index in [1.54, 1.807) is 9.13 Å². The van der Waals surface area contributed by atoms with Crippen LogP contribution < -0.4 is 91.0 Å². The molecule has 10 rings (SSSR count). The van der Waals surface area contributed by atoms with Crippen LogP contribution in [0, 0.1) is 0 Å². The van der Waals surface area contributed by atoms with Gasteiger partial charge < -0.3 is 50.1 Å². The zero-order valence-electron chi connectivity index (χ0n) is 42.7. The molecule has 82 heavy (non-hydrogen) atoms. The van der Waals surface area contributed by atoms with Crippen LogP contribution in [-0.2, 0) is 40.5 Å². The number of fused-ring (bicyclic) bond motifs is 2. The molecule has 0 atom stereocenters. The molecule has 0 saturated heterocycles. The average molecular weight is 1210 g/mol. The molecule has 31 heteroatoms. The number of nitrogens with zero attached hydrogens (tertiary/aromatic N) is 2. The number of benzene rings is 6. The number of carbonyl (C=O) groups excluding carboxylic acids is 5. The quantitative estimate of drug-likeness (QED) is 0.0498. The van der Waals surface area contributed by atoms with Crippen LogP contribution in [-0.4, -0.2) is 90.7 Å². The molecule has 6 amide bonds. The molecule has 2 fully saturated rings. The zero-order valence-corrected chi connectivity index (χ0v) is 50.0. The van der Waals surface area contributed by atoms with E-state index in [-0.39, 0.29) is 133 Å². The largest absolute Gasteiger partial charge is 1.00 e. The molecule has 2 aromatic heterocycles. The van der Waals surface area contributed by atoms with Crippen LogP contribution in [0.15, 0.2) is 153 Å². The Morgan fingerprint density at radius 1 is 0.427 bits per heavy atom. The number of hydrogen-bond donors (Lipinski definition) is 8. The van der Waals surface area contributed by atoms with Gasteiger partial charge in [0, 0.05) is 68.5 Å². The van der Waals surface area contributed by atoms with Crippen molar-refractivity contribution in [1.29, 1.82) is 0 Å². The summed E-state index contributed by atoms with van der Waals surface area (Å²) in [6.07, 6.45) is 5.67. The normalized spacial score (nSPS) is 13.5. The summed E-state index contributed by atoms with van der Waals surface area (Å²) in [6, 6.07) is 24.0. The van der Waals surface area contributed by atoms with E-state index >= 15 is 0 Å². The first-order valence-corrected chi connectivity index (χ1v) is 29.4. The maximum Gasteiger partial charge on any atom is 1.00 e. The molecule has 0 aliphatic heterocycles. The fourth-order valence-corrected chi connectivity index (χ4v) is 12.2. The van der Waals surface area contributed by atoms with E-state index in [1.165, 1.54) is 79.1 Å². The van der Waals surface area contributed by atoms with Gasteiger partial charge >= 0.3 is 65.1 Å². The van der Waals surface area contributed by atoms with E-state index in [0.29, 0.717) is 25.7 Å². The van der Waals surface area contributed by atoms with E-state index in [2.05, 4.69) is 31.9 Å². The second kappa shape index (κ2) is 23.4. The molecule has 412 valence electrons. The summed E-state index contributed by atoms with van der Waals surface area (Å²) < 4.78 is 146. The molecular formula is C51H40N8Na2O17S4. The van der Waals surface area contributed by atoms with E-state index < -0.39 is 106 Å². The van der Waals surface area contributed by atoms with Crippen molar-refractivity contribution in [3.05, 3.63) is 156 Å². The van der Waals surface area contributed by atoms with Gasteiger partial charge in [-0.3, -0.25) is 28.3 Å². The second-order valence-electron chi connectivity index (χ2n) is 18.5. The molecule has 2 heterocycles. The Labute approximate surface area is 510 Å². The standard InChI is InChI=1S/C51H42N8O17S4.2Na/c60-47(52-31-23-41(58(25-31)33-13-14-33)49(62)56-39-19-17-35-37(45(39)79(71,72)73)9-3-11-43(35)77(65,66)67)27-5-1-7-29(21-27)54-51(64)55-30-8-2-6-28(22-30)48(61)53-32-24-42(59(26-32)34-15-16-34)50(63)57-40-20-18-36-38(46(40)80(74,75)76)10-4-12-44(36)78(68,69)70;;/h1-12,17-26,33-34H,13-16H2,(H,52,60)(H,53,61)(H,56,62)(H,57,63)(H2,54,55,64)(H,65,66,67)(H,68,69,70)(H,71,72,73)(H,74,75,76);;/q;2*+1/p-2. The molecule has 0 spiro atoms. The number of nitrogens with one attached hydrogen (secondary N) is 6. The third-order valence-electron chi connectivity index (χ3n) is 12.8. The van der Waals surface area contributed by atoms with Gasteiger partial charge in [-0.15, -0.1) is 0 Å². The summed E-state index contributed by atoms with van der Waals surface area (Å²) in [6.45, 7) is 0. The molecular weight excluding hydrogens is 1170 g/mol. The van der Waals surface area contributed by atoms with Gasteiger partial charge in [0.2, 0.25) is 0 Å². The number of aromatic nitrogens is 2. The summed E-state index contributed by atoms with van der Waals surface area (Å²) in [5.74, 6) is -3.05. The van der Waals surface area contributed by atoms with Crippen molar-refractivity contribution >= 4 is 126 Å². The molecule has 0 radical (unpaired) electrons. The van der Waals surface area contributed by atoms with Crippen molar-refractivity contribution in [3.8, 4) is 0 Å². The Kier molecular flexibility index (Phi) is 17.5. The van der Waals surface area contributed by atoms with E-state index in [1.807, 2.05) is 0 Å². The minimum Gasteiger partial charge on any atom is -0.744 e.